The second kappa shape index (κ2) is 3.27. The van der Waals surface area contributed by atoms with E-state index in [1.54, 1.807) is 0 Å². The highest BCUT2D eigenvalue weighted by molar-refractivity contribution is 9.10. The van der Waals surface area contributed by atoms with Crippen molar-refractivity contribution >= 4 is 21.6 Å². The van der Waals surface area contributed by atoms with Crippen molar-refractivity contribution < 1.29 is 0 Å². The topological polar surface area (TPSA) is 12.0 Å². The van der Waals surface area contributed by atoms with Crippen molar-refractivity contribution in [3.05, 3.63) is 28.2 Å². The Kier molecular flexibility index (Phi) is 2.34. The van der Waals surface area contributed by atoms with Crippen LogP contribution in [0.4, 0.5) is 5.69 Å². The summed E-state index contributed by atoms with van der Waals surface area (Å²) in [5.74, 6) is 0.638. The lowest BCUT2D eigenvalue weighted by atomic mass is 9.82. The van der Waals surface area contributed by atoms with E-state index in [1.165, 1.54) is 22.1 Å². The number of benzene rings is 1. The highest BCUT2D eigenvalue weighted by Gasteiger charge is 2.28. The number of fused-ring (bicyclic) bond motifs is 1. The Bertz CT molecular complexity index is 357. The van der Waals surface area contributed by atoms with E-state index in [4.69, 9.17) is 0 Å². The summed E-state index contributed by atoms with van der Waals surface area (Å²) in [6, 6.07) is 6.49. The number of rotatable bonds is 0. The fraction of sp³-hybridized carbons (Fsp3) is 0.500. The summed E-state index contributed by atoms with van der Waals surface area (Å²) >= 11 is 3.52. The molecule has 0 aliphatic carbocycles. The van der Waals surface area contributed by atoms with Crippen LogP contribution in [0.5, 0.6) is 0 Å². The van der Waals surface area contributed by atoms with Crippen LogP contribution in [0.25, 0.3) is 0 Å². The van der Waals surface area contributed by atoms with E-state index in [-0.39, 0.29) is 5.54 Å². The summed E-state index contributed by atoms with van der Waals surface area (Å²) in [6.45, 7) is 6.82. The second-order valence-electron chi connectivity index (χ2n) is 4.85. The van der Waals surface area contributed by atoms with Crippen molar-refractivity contribution in [3.63, 3.8) is 0 Å². The molecule has 0 fully saturated rings. The molecule has 1 unspecified atom stereocenters. The average Bonchev–Trinajstić information content (AvgIpc) is 2.05. The summed E-state index contributed by atoms with van der Waals surface area (Å²) in [5, 5.41) is 3.57. The maximum Gasteiger partial charge on any atom is 0.0380 e. The van der Waals surface area contributed by atoms with E-state index in [0.29, 0.717) is 5.92 Å². The molecule has 1 atom stereocenters. The van der Waals surface area contributed by atoms with Crippen molar-refractivity contribution in [1.82, 2.24) is 0 Å². The number of halogens is 1. The SMILES string of the molecule is CC1CC(C)(C)Nc2ccc(Br)cc21. The van der Waals surface area contributed by atoms with Gasteiger partial charge in [-0.25, -0.2) is 0 Å². The van der Waals surface area contributed by atoms with Crippen LogP contribution in [0.1, 0.15) is 38.7 Å². The van der Waals surface area contributed by atoms with Crippen LogP contribution in [-0.2, 0) is 0 Å². The fourth-order valence-electron chi connectivity index (χ4n) is 2.35. The highest BCUT2D eigenvalue weighted by atomic mass is 79.9. The molecule has 0 aromatic heterocycles. The van der Waals surface area contributed by atoms with Crippen LogP contribution in [0, 0.1) is 0 Å². The minimum absolute atomic E-state index is 0.222. The molecule has 0 bridgehead atoms. The van der Waals surface area contributed by atoms with Gasteiger partial charge in [0.15, 0.2) is 0 Å². The molecule has 1 aliphatic heterocycles. The van der Waals surface area contributed by atoms with Gasteiger partial charge >= 0.3 is 0 Å². The van der Waals surface area contributed by atoms with Crippen molar-refractivity contribution in [2.75, 3.05) is 5.32 Å². The molecule has 14 heavy (non-hydrogen) atoms. The van der Waals surface area contributed by atoms with Gasteiger partial charge in [-0.05, 0) is 49.9 Å². The molecule has 0 saturated carbocycles. The van der Waals surface area contributed by atoms with Crippen LogP contribution in [-0.4, -0.2) is 5.54 Å². The summed E-state index contributed by atoms with van der Waals surface area (Å²) in [7, 11) is 0. The van der Waals surface area contributed by atoms with Gasteiger partial charge in [0, 0.05) is 15.7 Å². The molecule has 0 amide bonds. The first-order valence-electron chi connectivity index (χ1n) is 5.05. The zero-order chi connectivity index (χ0) is 10.3. The minimum Gasteiger partial charge on any atom is -0.380 e. The van der Waals surface area contributed by atoms with Crippen LogP contribution < -0.4 is 5.32 Å². The second-order valence-corrected chi connectivity index (χ2v) is 5.76. The minimum atomic E-state index is 0.222. The van der Waals surface area contributed by atoms with Crippen LogP contribution >= 0.6 is 15.9 Å². The molecular weight excluding hydrogens is 238 g/mol. The molecule has 1 heterocycles. The summed E-state index contributed by atoms with van der Waals surface area (Å²) in [6.07, 6.45) is 1.19. The van der Waals surface area contributed by atoms with Crippen LogP contribution in [0.3, 0.4) is 0 Å². The Morgan fingerprint density at radius 3 is 2.86 bits per heavy atom. The maximum atomic E-state index is 3.57. The normalized spacial score (nSPS) is 23.9. The lowest BCUT2D eigenvalue weighted by molar-refractivity contribution is 0.454. The molecule has 1 N–H and O–H groups in total. The number of anilines is 1. The molecule has 0 spiro atoms. The van der Waals surface area contributed by atoms with Gasteiger partial charge in [-0.3, -0.25) is 0 Å². The molecule has 2 heteroatoms. The van der Waals surface area contributed by atoms with Gasteiger partial charge in [0.25, 0.3) is 0 Å². The zero-order valence-electron chi connectivity index (χ0n) is 8.89. The zero-order valence-corrected chi connectivity index (χ0v) is 10.5. The largest absolute Gasteiger partial charge is 0.380 e. The van der Waals surface area contributed by atoms with E-state index < -0.39 is 0 Å². The highest BCUT2D eigenvalue weighted by Crippen LogP contribution is 2.39. The molecule has 0 radical (unpaired) electrons. The quantitative estimate of drug-likeness (QED) is 0.733. The predicted molar refractivity (Wildman–Crippen MR) is 64.9 cm³/mol. The van der Waals surface area contributed by atoms with E-state index >= 15 is 0 Å². The third kappa shape index (κ3) is 1.81. The first-order valence-corrected chi connectivity index (χ1v) is 5.85. The molecule has 76 valence electrons. The Morgan fingerprint density at radius 2 is 2.14 bits per heavy atom. The Hall–Kier alpha value is -0.500. The van der Waals surface area contributed by atoms with Gasteiger partial charge in [0.05, 0.1) is 0 Å². The summed E-state index contributed by atoms with van der Waals surface area (Å²) in [5.41, 5.74) is 2.94. The standard InChI is InChI=1S/C12H16BrN/c1-8-7-12(2,3)14-11-5-4-9(13)6-10(8)11/h4-6,8,14H,7H2,1-3H3. The van der Waals surface area contributed by atoms with Gasteiger partial charge in [-0.2, -0.15) is 0 Å². The Morgan fingerprint density at radius 1 is 1.43 bits per heavy atom. The molecule has 2 rings (SSSR count). The van der Waals surface area contributed by atoms with Crippen molar-refractivity contribution in [3.8, 4) is 0 Å². The predicted octanol–water partition coefficient (Wildman–Crippen LogP) is 4.15. The van der Waals surface area contributed by atoms with E-state index in [1.807, 2.05) is 0 Å². The van der Waals surface area contributed by atoms with Crippen molar-refractivity contribution in [2.24, 2.45) is 0 Å². The molecule has 1 aromatic carbocycles. The molecule has 0 saturated heterocycles. The number of hydrogen-bond acceptors (Lipinski definition) is 1. The van der Waals surface area contributed by atoms with Gasteiger partial charge in [0.1, 0.15) is 0 Å². The van der Waals surface area contributed by atoms with E-state index in [2.05, 4.69) is 60.2 Å². The fourth-order valence-corrected chi connectivity index (χ4v) is 2.72. The van der Waals surface area contributed by atoms with Gasteiger partial charge in [0.2, 0.25) is 0 Å². The van der Waals surface area contributed by atoms with Crippen LogP contribution in [0.2, 0.25) is 0 Å². The summed E-state index contributed by atoms with van der Waals surface area (Å²) < 4.78 is 1.17. The Labute approximate surface area is 94.0 Å². The van der Waals surface area contributed by atoms with Gasteiger partial charge in [-0.1, -0.05) is 22.9 Å². The van der Waals surface area contributed by atoms with Crippen molar-refractivity contribution in [2.45, 2.75) is 38.6 Å². The lowest BCUT2D eigenvalue weighted by Crippen LogP contribution is -2.36. The van der Waals surface area contributed by atoms with Crippen molar-refractivity contribution in [1.29, 1.82) is 0 Å². The van der Waals surface area contributed by atoms with Gasteiger partial charge in [-0.15, -0.1) is 0 Å². The van der Waals surface area contributed by atoms with E-state index in [9.17, 15) is 0 Å². The molecular formula is C12H16BrN. The first kappa shape index (κ1) is 10.0. The summed E-state index contributed by atoms with van der Waals surface area (Å²) in [4.78, 5) is 0. The maximum absolute atomic E-state index is 3.57. The third-order valence-corrected chi connectivity index (χ3v) is 3.33. The van der Waals surface area contributed by atoms with Crippen LogP contribution in [0.15, 0.2) is 22.7 Å². The number of hydrogen-bond donors (Lipinski definition) is 1. The third-order valence-electron chi connectivity index (χ3n) is 2.83. The smallest absolute Gasteiger partial charge is 0.0380 e. The average molecular weight is 254 g/mol. The first-order chi connectivity index (χ1) is 6.48. The van der Waals surface area contributed by atoms with E-state index in [0.717, 1.165) is 0 Å². The lowest BCUT2D eigenvalue weighted by Gasteiger charge is -2.37. The monoisotopic (exact) mass is 253 g/mol. The molecule has 1 aliphatic rings. The number of nitrogens with one attached hydrogen (secondary N) is 1. The Balaban J connectivity index is 2.45. The molecule has 1 aromatic rings. The molecule has 1 nitrogen and oxygen atoms in total. The van der Waals surface area contributed by atoms with Gasteiger partial charge < -0.3 is 5.32 Å².